The first-order chi connectivity index (χ1) is 12.1. The molecule has 0 bridgehead atoms. The van der Waals surface area contributed by atoms with Crippen LogP contribution in [0.5, 0.6) is 0 Å². The average Bonchev–Trinajstić information content (AvgIpc) is 2.51. The molecule has 0 radical (unpaired) electrons. The van der Waals surface area contributed by atoms with E-state index < -0.39 is 17.9 Å². The molecule has 4 nitrogen and oxygen atoms in total. The van der Waals surface area contributed by atoms with Gasteiger partial charge in [-0.05, 0) is 0 Å². The third-order valence-electron chi connectivity index (χ3n) is 7.01. The molecule has 2 N–H and O–H groups in total. The van der Waals surface area contributed by atoms with Crippen molar-refractivity contribution in [3.05, 3.63) is 0 Å². The topological polar surface area (TPSA) is 58.2 Å². The molecule has 1 rings (SSSR count). The van der Waals surface area contributed by atoms with Gasteiger partial charge in [0.25, 0.3) is 0 Å². The Morgan fingerprint density at radius 2 is 1.41 bits per heavy atom. The van der Waals surface area contributed by atoms with Gasteiger partial charge in [0.05, 0.1) is 0 Å². The normalized spacial score (nSPS) is 25.6. The number of carbonyl (C=O) groups excluding carboxylic acids is 2. The molecule has 0 spiro atoms. The molecule has 27 heavy (non-hydrogen) atoms. The van der Waals surface area contributed by atoms with Crippen molar-refractivity contribution in [2.24, 2.45) is 16.2 Å². The summed E-state index contributed by atoms with van der Waals surface area (Å²) in [5.41, 5.74) is 0.156. The fraction of sp³-hybridized carbons (Fsp3) is 0.909. The van der Waals surface area contributed by atoms with Gasteiger partial charge in [-0.3, -0.25) is 0 Å². The van der Waals surface area contributed by atoms with Crippen molar-refractivity contribution < 1.29 is 27.5 Å². The van der Waals surface area contributed by atoms with Crippen LogP contribution in [0.3, 0.4) is 0 Å². The second-order valence-corrected chi connectivity index (χ2v) is 15.4. The van der Waals surface area contributed by atoms with Gasteiger partial charge >= 0.3 is 174 Å². The van der Waals surface area contributed by atoms with E-state index in [4.69, 9.17) is 0 Å². The van der Waals surface area contributed by atoms with Crippen LogP contribution in [0.25, 0.3) is 0 Å². The third kappa shape index (κ3) is 5.18. The van der Waals surface area contributed by atoms with Gasteiger partial charge in [-0.2, -0.15) is 0 Å². The van der Waals surface area contributed by atoms with Crippen LogP contribution in [0.2, 0.25) is 10.5 Å². The van der Waals surface area contributed by atoms with E-state index in [0.717, 1.165) is 19.3 Å². The molecule has 0 aromatic rings. The number of nitrogens with one attached hydrogen (secondary N) is 2. The van der Waals surface area contributed by atoms with Gasteiger partial charge in [-0.15, -0.1) is 0 Å². The number of carbonyl (C=O) groups is 2. The first-order valence-corrected chi connectivity index (χ1v) is 14.5. The minimum atomic E-state index is -1.57. The number of rotatable bonds is 5. The van der Waals surface area contributed by atoms with E-state index in [0.29, 0.717) is 12.8 Å². The molecule has 0 saturated heterocycles. The molecule has 1 aliphatic rings. The van der Waals surface area contributed by atoms with Crippen molar-refractivity contribution in [3.8, 4) is 0 Å². The summed E-state index contributed by atoms with van der Waals surface area (Å²) in [4.78, 5) is 24.8. The molecular formula is C22H43N2O2Ti. The summed E-state index contributed by atoms with van der Waals surface area (Å²) < 4.78 is -0.141. The first kappa shape index (κ1) is 24.7. The molecule has 0 aromatic heterocycles. The van der Waals surface area contributed by atoms with Crippen LogP contribution in [-0.4, -0.2) is 21.7 Å². The zero-order valence-corrected chi connectivity index (χ0v) is 21.0. The van der Waals surface area contributed by atoms with Crippen LogP contribution in [0.15, 0.2) is 0 Å². The predicted octanol–water partition coefficient (Wildman–Crippen LogP) is 5.08. The van der Waals surface area contributed by atoms with Gasteiger partial charge in [-0.1, -0.05) is 0 Å². The first-order valence-electron chi connectivity index (χ1n) is 10.5. The number of hydrogen-bond acceptors (Lipinski definition) is 2. The summed E-state index contributed by atoms with van der Waals surface area (Å²) in [6.07, 6.45) is 3.88. The van der Waals surface area contributed by atoms with E-state index in [1.807, 2.05) is 13.8 Å². The van der Waals surface area contributed by atoms with Gasteiger partial charge in [-0.25, -0.2) is 0 Å². The van der Waals surface area contributed by atoms with Gasteiger partial charge < -0.3 is 0 Å². The molecular weight excluding hydrogens is 372 g/mol. The van der Waals surface area contributed by atoms with Crippen molar-refractivity contribution in [2.45, 2.75) is 108 Å². The fourth-order valence-corrected chi connectivity index (χ4v) is 7.88. The van der Waals surface area contributed by atoms with E-state index in [1.165, 1.54) is 0 Å². The summed E-state index contributed by atoms with van der Waals surface area (Å²) in [6.45, 7) is 17.8. The quantitative estimate of drug-likeness (QED) is 0.615. The number of amides is 2. The van der Waals surface area contributed by atoms with Gasteiger partial charge in [0, 0.05) is 0 Å². The van der Waals surface area contributed by atoms with Crippen molar-refractivity contribution in [1.82, 2.24) is 10.6 Å². The summed E-state index contributed by atoms with van der Waals surface area (Å²) in [5.74, 6) is 0.256. The molecule has 157 valence electrons. The van der Waals surface area contributed by atoms with Crippen molar-refractivity contribution in [2.75, 3.05) is 0 Å². The van der Waals surface area contributed by atoms with Crippen LogP contribution < -0.4 is 10.6 Å². The van der Waals surface area contributed by atoms with E-state index in [2.05, 4.69) is 62.6 Å². The molecule has 0 aromatic carbocycles. The summed E-state index contributed by atoms with van der Waals surface area (Å²) in [5, 5.41) is 11.5. The Hall–Kier alpha value is -0.346. The molecule has 0 aliphatic heterocycles. The standard InChI is InChI=1S/C20H37N2O2.2CH3.Ti/c1-9-16(23)21-14-11-15(22-17(24)10-2)13-20(12-14,18(3,4)5)19(6,7)8;;;/h14H,9-13H2,1-8H3,(H,21,23)(H,22,24);2*1H3;. The predicted molar refractivity (Wildman–Crippen MR) is 110 cm³/mol. The Kier molecular flexibility index (Phi) is 7.84. The monoisotopic (exact) mass is 415 g/mol. The molecule has 1 aliphatic carbocycles. The Bertz CT molecular complexity index is 531. The maximum atomic E-state index is 12.5. The molecule has 1 saturated carbocycles. The van der Waals surface area contributed by atoms with Crippen molar-refractivity contribution in [3.63, 3.8) is 0 Å². The molecule has 0 heterocycles. The maximum absolute atomic E-state index is 12.5. The van der Waals surface area contributed by atoms with Crippen LogP contribution in [0, 0.1) is 16.2 Å². The fourth-order valence-electron chi connectivity index (χ4n) is 5.23. The molecule has 2 amide bonds. The van der Waals surface area contributed by atoms with E-state index in [1.54, 1.807) is 0 Å². The average molecular weight is 415 g/mol. The second kappa shape index (κ2) is 8.57. The Morgan fingerprint density at radius 3 is 1.78 bits per heavy atom. The van der Waals surface area contributed by atoms with E-state index in [9.17, 15) is 9.59 Å². The van der Waals surface area contributed by atoms with Crippen LogP contribution >= 0.6 is 0 Å². The molecule has 2 unspecified atom stereocenters. The number of hydrogen-bond donors (Lipinski definition) is 2. The summed E-state index contributed by atoms with van der Waals surface area (Å²) in [6, 6.07) is 0.115. The zero-order chi connectivity index (χ0) is 21.3. The Morgan fingerprint density at radius 1 is 0.926 bits per heavy atom. The minimum absolute atomic E-state index is 0.0230. The molecule has 5 heteroatoms. The van der Waals surface area contributed by atoms with Crippen molar-refractivity contribution >= 4 is 11.8 Å². The van der Waals surface area contributed by atoms with Crippen LogP contribution in [0.1, 0.15) is 87.5 Å². The van der Waals surface area contributed by atoms with E-state index >= 15 is 0 Å². The summed E-state index contributed by atoms with van der Waals surface area (Å²) >= 11 is -1.57. The van der Waals surface area contributed by atoms with E-state index in [-0.39, 0.29) is 37.9 Å². The SMILES string of the molecule is CCC(=O)NC1C[C](NC(=O)CC)([Ti]([CH3])[CH3])CC(C(C)(C)C)(C(C)(C)C)C1. The van der Waals surface area contributed by atoms with Crippen LogP contribution in [-0.2, 0) is 27.5 Å². The Balaban J connectivity index is 3.55. The molecule has 1 fully saturated rings. The third-order valence-corrected chi connectivity index (χ3v) is 10.8. The second-order valence-electron chi connectivity index (χ2n) is 10.8. The van der Waals surface area contributed by atoms with Crippen molar-refractivity contribution in [1.29, 1.82) is 0 Å². The van der Waals surface area contributed by atoms with Gasteiger partial charge in [0.2, 0.25) is 0 Å². The summed E-state index contributed by atoms with van der Waals surface area (Å²) in [7, 11) is 0. The van der Waals surface area contributed by atoms with Gasteiger partial charge in [0.15, 0.2) is 0 Å². The van der Waals surface area contributed by atoms with Crippen LogP contribution in [0.4, 0.5) is 0 Å². The van der Waals surface area contributed by atoms with Gasteiger partial charge in [0.1, 0.15) is 0 Å². The Labute approximate surface area is 173 Å². The molecule has 2 atom stereocenters. The zero-order valence-electron chi connectivity index (χ0n) is 19.4.